The Balaban J connectivity index is 1.63. The molecule has 2 N–H and O–H groups in total. The Bertz CT molecular complexity index is 1070. The first-order valence-electron chi connectivity index (χ1n) is 9.21. The van der Waals surface area contributed by atoms with Gasteiger partial charge in [-0.15, -0.1) is 5.10 Å². The molecule has 0 unspecified atom stereocenters. The quantitative estimate of drug-likeness (QED) is 0.706. The zero-order valence-electron chi connectivity index (χ0n) is 16.1. The van der Waals surface area contributed by atoms with Crippen LogP contribution >= 0.6 is 0 Å². The molecular weight excluding hydrogens is 374 g/mol. The van der Waals surface area contributed by atoms with E-state index in [1.807, 2.05) is 43.0 Å². The summed E-state index contributed by atoms with van der Waals surface area (Å²) in [5.74, 6) is -0.0249. The molecule has 150 valence electrons. The van der Waals surface area contributed by atoms with E-state index in [0.717, 1.165) is 11.3 Å². The van der Waals surface area contributed by atoms with E-state index < -0.39 is 6.09 Å². The van der Waals surface area contributed by atoms with E-state index in [2.05, 4.69) is 15.4 Å². The summed E-state index contributed by atoms with van der Waals surface area (Å²) in [4.78, 5) is 29.8. The number of nitrogens with one attached hydrogen (secondary N) is 1. The smallest absolute Gasteiger partial charge is 0.411 e. The minimum Gasteiger partial charge on any atom is -0.465 e. The molecule has 0 aliphatic carbocycles. The van der Waals surface area contributed by atoms with Crippen molar-refractivity contribution in [3.63, 3.8) is 0 Å². The van der Waals surface area contributed by atoms with Gasteiger partial charge in [0.2, 0.25) is 0 Å². The molecule has 1 aromatic carbocycles. The van der Waals surface area contributed by atoms with E-state index >= 15 is 0 Å². The number of pyridine rings is 1. The molecule has 0 radical (unpaired) electrons. The molecule has 0 saturated carbocycles. The lowest BCUT2D eigenvalue weighted by Gasteiger charge is -2.42. The summed E-state index contributed by atoms with van der Waals surface area (Å²) in [6.45, 7) is 5.59. The Labute approximate surface area is 166 Å². The summed E-state index contributed by atoms with van der Waals surface area (Å²) in [6, 6.07) is 12.7. The number of amides is 2. The fourth-order valence-electron chi connectivity index (χ4n) is 3.45. The van der Waals surface area contributed by atoms with Crippen LogP contribution in [0.1, 0.15) is 24.2 Å². The number of hydrogen-bond acceptors (Lipinski definition) is 5. The number of nitrogens with zero attached hydrogens (tertiary/aromatic N) is 4. The number of anilines is 1. The van der Waals surface area contributed by atoms with Gasteiger partial charge < -0.3 is 14.7 Å². The summed E-state index contributed by atoms with van der Waals surface area (Å²) < 4.78 is 7.06. The Kier molecular flexibility index (Phi) is 4.67. The SMILES string of the molecule is CC1(C)COCCN1C(=O)c1ccc(-c2cccc3nc(NC(=O)O)nn23)cc1. The molecule has 0 spiro atoms. The third-order valence-corrected chi connectivity index (χ3v) is 4.90. The molecule has 3 heterocycles. The molecule has 2 amide bonds. The van der Waals surface area contributed by atoms with Gasteiger partial charge in [0, 0.05) is 17.7 Å². The van der Waals surface area contributed by atoms with E-state index in [0.29, 0.717) is 31.0 Å². The Morgan fingerprint density at radius 2 is 1.93 bits per heavy atom. The van der Waals surface area contributed by atoms with Crippen LogP contribution in [0.4, 0.5) is 10.7 Å². The van der Waals surface area contributed by atoms with Crippen molar-refractivity contribution in [3.05, 3.63) is 48.0 Å². The lowest BCUT2D eigenvalue weighted by atomic mass is 10.00. The summed E-state index contributed by atoms with van der Waals surface area (Å²) in [6.07, 6.45) is -1.23. The molecule has 1 fully saturated rings. The predicted molar refractivity (Wildman–Crippen MR) is 106 cm³/mol. The van der Waals surface area contributed by atoms with Crippen molar-refractivity contribution in [1.29, 1.82) is 0 Å². The average molecular weight is 395 g/mol. The van der Waals surface area contributed by atoms with Crippen molar-refractivity contribution in [1.82, 2.24) is 19.5 Å². The summed E-state index contributed by atoms with van der Waals surface area (Å²) in [7, 11) is 0. The number of carboxylic acid groups (broad SMARTS) is 1. The van der Waals surface area contributed by atoms with Gasteiger partial charge in [-0.2, -0.15) is 4.98 Å². The number of benzene rings is 1. The highest BCUT2D eigenvalue weighted by Crippen LogP contribution is 2.25. The molecule has 4 rings (SSSR count). The Hall–Kier alpha value is -3.46. The first-order valence-corrected chi connectivity index (χ1v) is 9.21. The van der Waals surface area contributed by atoms with Crippen LogP contribution in [0.25, 0.3) is 16.9 Å². The van der Waals surface area contributed by atoms with Crippen LogP contribution in [0, 0.1) is 0 Å². The highest BCUT2D eigenvalue weighted by Gasteiger charge is 2.34. The van der Waals surface area contributed by atoms with Crippen molar-refractivity contribution in [2.45, 2.75) is 19.4 Å². The lowest BCUT2D eigenvalue weighted by molar-refractivity contribution is -0.0370. The van der Waals surface area contributed by atoms with Crippen molar-refractivity contribution in [3.8, 4) is 11.3 Å². The van der Waals surface area contributed by atoms with Crippen molar-refractivity contribution in [2.24, 2.45) is 0 Å². The van der Waals surface area contributed by atoms with Gasteiger partial charge in [0.05, 0.1) is 24.4 Å². The second-order valence-corrected chi connectivity index (χ2v) is 7.45. The minimum absolute atomic E-state index is 0.00583. The van der Waals surface area contributed by atoms with E-state index in [-0.39, 0.29) is 17.4 Å². The number of ether oxygens (including phenoxy) is 1. The summed E-state index contributed by atoms with van der Waals surface area (Å²) >= 11 is 0. The second-order valence-electron chi connectivity index (χ2n) is 7.45. The molecule has 1 saturated heterocycles. The van der Waals surface area contributed by atoms with Gasteiger partial charge >= 0.3 is 6.09 Å². The van der Waals surface area contributed by atoms with Gasteiger partial charge in [-0.05, 0) is 38.1 Å². The number of aromatic nitrogens is 3. The van der Waals surface area contributed by atoms with Crippen LogP contribution in [0.5, 0.6) is 0 Å². The fourth-order valence-corrected chi connectivity index (χ4v) is 3.45. The van der Waals surface area contributed by atoms with Gasteiger partial charge in [-0.25, -0.2) is 9.31 Å². The molecule has 29 heavy (non-hydrogen) atoms. The third kappa shape index (κ3) is 3.64. The molecule has 9 nitrogen and oxygen atoms in total. The molecule has 9 heteroatoms. The van der Waals surface area contributed by atoms with Gasteiger partial charge in [0.15, 0.2) is 5.65 Å². The van der Waals surface area contributed by atoms with Crippen LogP contribution in [-0.2, 0) is 4.74 Å². The number of carbonyl (C=O) groups is 2. The maximum absolute atomic E-state index is 13.0. The molecule has 0 bridgehead atoms. The average Bonchev–Trinajstić information content (AvgIpc) is 3.09. The molecule has 1 aliphatic rings. The number of carbonyl (C=O) groups excluding carboxylic acids is 1. The van der Waals surface area contributed by atoms with Gasteiger partial charge in [0.1, 0.15) is 0 Å². The topological polar surface area (TPSA) is 109 Å². The molecular formula is C20H21N5O4. The zero-order valence-corrected chi connectivity index (χ0v) is 16.1. The molecule has 2 aromatic heterocycles. The standard InChI is InChI=1S/C20H21N5O4/c1-20(2)12-29-11-10-24(20)17(26)14-8-6-13(7-9-14)15-4-3-5-16-21-18(22-19(27)28)23-25(15)16/h3-9H,10-12H2,1-2H3,(H,22,23)(H,27,28). The van der Waals surface area contributed by atoms with Crippen LogP contribution in [0.15, 0.2) is 42.5 Å². The third-order valence-electron chi connectivity index (χ3n) is 4.90. The van der Waals surface area contributed by atoms with E-state index in [1.54, 1.807) is 22.7 Å². The minimum atomic E-state index is -1.23. The van der Waals surface area contributed by atoms with Crippen LogP contribution in [0.3, 0.4) is 0 Å². The van der Waals surface area contributed by atoms with Crippen LogP contribution in [-0.4, -0.2) is 61.9 Å². The van der Waals surface area contributed by atoms with Gasteiger partial charge in [-0.3, -0.25) is 10.1 Å². The Morgan fingerprint density at radius 1 is 1.17 bits per heavy atom. The number of fused-ring (bicyclic) bond motifs is 1. The zero-order chi connectivity index (χ0) is 20.6. The summed E-state index contributed by atoms with van der Waals surface area (Å²) in [5.41, 5.74) is 2.33. The normalized spacial score (nSPS) is 16.0. The number of hydrogen-bond donors (Lipinski definition) is 2. The van der Waals surface area contributed by atoms with Crippen LogP contribution in [0.2, 0.25) is 0 Å². The molecule has 0 atom stereocenters. The highest BCUT2D eigenvalue weighted by atomic mass is 16.5. The first kappa shape index (κ1) is 18.9. The van der Waals surface area contributed by atoms with Crippen molar-refractivity contribution in [2.75, 3.05) is 25.1 Å². The predicted octanol–water partition coefficient (Wildman–Crippen LogP) is 2.74. The van der Waals surface area contributed by atoms with Crippen molar-refractivity contribution < 1.29 is 19.4 Å². The fraction of sp³-hybridized carbons (Fsp3) is 0.300. The number of morpholine rings is 1. The van der Waals surface area contributed by atoms with Gasteiger partial charge in [0.25, 0.3) is 11.9 Å². The molecule has 3 aromatic rings. The van der Waals surface area contributed by atoms with Crippen molar-refractivity contribution >= 4 is 23.6 Å². The lowest BCUT2D eigenvalue weighted by Crippen LogP contribution is -2.55. The molecule has 1 aliphatic heterocycles. The first-order chi connectivity index (χ1) is 13.8. The summed E-state index contributed by atoms with van der Waals surface area (Å²) in [5, 5.41) is 15.2. The second kappa shape index (κ2) is 7.17. The van der Waals surface area contributed by atoms with E-state index in [4.69, 9.17) is 9.84 Å². The Morgan fingerprint density at radius 3 is 2.62 bits per heavy atom. The van der Waals surface area contributed by atoms with Crippen LogP contribution < -0.4 is 5.32 Å². The van der Waals surface area contributed by atoms with E-state index in [9.17, 15) is 9.59 Å². The maximum atomic E-state index is 13.0. The largest absolute Gasteiger partial charge is 0.465 e. The number of rotatable bonds is 3. The highest BCUT2D eigenvalue weighted by molar-refractivity contribution is 5.95. The van der Waals surface area contributed by atoms with E-state index in [1.165, 1.54) is 0 Å². The monoisotopic (exact) mass is 395 g/mol. The van der Waals surface area contributed by atoms with Gasteiger partial charge in [-0.1, -0.05) is 18.2 Å². The maximum Gasteiger partial charge on any atom is 0.411 e.